The molecule has 0 bridgehead atoms. The van der Waals surface area contributed by atoms with E-state index in [1.807, 2.05) is 0 Å². The largest absolute Gasteiger partial charge is 0.496 e. The highest BCUT2D eigenvalue weighted by Gasteiger charge is 2.42. The van der Waals surface area contributed by atoms with Crippen molar-refractivity contribution in [2.24, 2.45) is 5.92 Å². The zero-order valence-electron chi connectivity index (χ0n) is 13.9. The lowest BCUT2D eigenvalue weighted by atomic mass is 9.85. The molecule has 1 aromatic rings. The molecular formula is C16H21NO7. The first-order chi connectivity index (χ1) is 11.5. The lowest BCUT2D eigenvalue weighted by Gasteiger charge is -2.23. The first kappa shape index (κ1) is 19.4. The molecule has 0 radical (unpaired) electrons. The number of ether oxygens (including phenoxy) is 3. The zero-order valence-corrected chi connectivity index (χ0v) is 13.9. The number of methoxy groups -OCH3 is 1. The Bertz CT molecular complexity index is 570. The van der Waals surface area contributed by atoms with Crippen LogP contribution in [-0.4, -0.2) is 43.7 Å². The van der Waals surface area contributed by atoms with E-state index in [0.29, 0.717) is 11.3 Å². The maximum absolute atomic E-state index is 12.3. The van der Waals surface area contributed by atoms with E-state index >= 15 is 0 Å². The predicted octanol–water partition coefficient (Wildman–Crippen LogP) is 1.80. The molecule has 1 atom stereocenters. The number of esters is 2. The SMILES string of the molecule is CCOC(=O)C(C(=O)OCC)C(C[N+](=O)[O-])c1ccccc1OC. The monoisotopic (exact) mass is 339 g/mol. The normalized spacial score (nSPS) is 11.7. The average molecular weight is 339 g/mol. The average Bonchev–Trinajstić information content (AvgIpc) is 2.54. The minimum Gasteiger partial charge on any atom is -0.496 e. The molecule has 0 amide bonds. The van der Waals surface area contributed by atoms with Crippen LogP contribution in [0, 0.1) is 16.0 Å². The summed E-state index contributed by atoms with van der Waals surface area (Å²) in [7, 11) is 1.41. The molecule has 1 rings (SSSR count). The fourth-order valence-corrected chi connectivity index (χ4v) is 2.41. The first-order valence-corrected chi connectivity index (χ1v) is 7.54. The molecule has 1 aromatic carbocycles. The van der Waals surface area contributed by atoms with E-state index in [1.54, 1.807) is 38.1 Å². The van der Waals surface area contributed by atoms with E-state index in [0.717, 1.165) is 0 Å². The summed E-state index contributed by atoms with van der Waals surface area (Å²) in [4.78, 5) is 35.1. The number of rotatable bonds is 9. The lowest BCUT2D eigenvalue weighted by Crippen LogP contribution is -2.36. The Morgan fingerprint density at radius 1 is 1.12 bits per heavy atom. The van der Waals surface area contributed by atoms with E-state index in [1.165, 1.54) is 7.11 Å². The van der Waals surface area contributed by atoms with Gasteiger partial charge in [-0.05, 0) is 19.9 Å². The van der Waals surface area contributed by atoms with Gasteiger partial charge in [0, 0.05) is 10.5 Å². The van der Waals surface area contributed by atoms with Crippen LogP contribution in [-0.2, 0) is 19.1 Å². The Labute approximate surface area is 139 Å². The van der Waals surface area contributed by atoms with Crippen molar-refractivity contribution >= 4 is 11.9 Å². The van der Waals surface area contributed by atoms with Crippen LogP contribution in [0.2, 0.25) is 0 Å². The van der Waals surface area contributed by atoms with Gasteiger partial charge < -0.3 is 14.2 Å². The molecule has 0 aliphatic heterocycles. The van der Waals surface area contributed by atoms with Gasteiger partial charge in [-0.2, -0.15) is 0 Å². The summed E-state index contributed by atoms with van der Waals surface area (Å²) in [6.45, 7) is 2.64. The minimum absolute atomic E-state index is 0.0475. The third kappa shape index (κ3) is 4.94. The van der Waals surface area contributed by atoms with Crippen LogP contribution in [0.1, 0.15) is 25.3 Å². The van der Waals surface area contributed by atoms with Crippen LogP contribution in [0.15, 0.2) is 24.3 Å². The molecule has 1 unspecified atom stereocenters. The number of nitro groups is 1. The van der Waals surface area contributed by atoms with Crippen molar-refractivity contribution in [2.75, 3.05) is 26.9 Å². The van der Waals surface area contributed by atoms with Crippen LogP contribution >= 0.6 is 0 Å². The molecule has 0 fully saturated rings. The van der Waals surface area contributed by atoms with E-state index in [9.17, 15) is 19.7 Å². The van der Waals surface area contributed by atoms with Crippen LogP contribution < -0.4 is 4.74 Å². The van der Waals surface area contributed by atoms with Gasteiger partial charge in [0.1, 0.15) is 5.75 Å². The second kappa shape index (κ2) is 9.49. The van der Waals surface area contributed by atoms with Gasteiger partial charge in [0.25, 0.3) is 0 Å². The molecule has 0 heterocycles. The van der Waals surface area contributed by atoms with Gasteiger partial charge in [-0.25, -0.2) is 0 Å². The first-order valence-electron chi connectivity index (χ1n) is 7.54. The summed E-state index contributed by atoms with van der Waals surface area (Å²) < 4.78 is 15.1. The van der Waals surface area contributed by atoms with Crippen molar-refractivity contribution < 1.29 is 28.7 Å². The highest BCUT2D eigenvalue weighted by molar-refractivity contribution is 5.96. The van der Waals surface area contributed by atoms with Crippen LogP contribution in [0.5, 0.6) is 5.75 Å². The van der Waals surface area contributed by atoms with Crippen molar-refractivity contribution in [2.45, 2.75) is 19.8 Å². The quantitative estimate of drug-likeness (QED) is 0.292. The second-order valence-electron chi connectivity index (χ2n) is 4.85. The third-order valence-corrected chi connectivity index (χ3v) is 3.37. The summed E-state index contributed by atoms with van der Waals surface area (Å²) in [6, 6.07) is 6.53. The van der Waals surface area contributed by atoms with Crippen LogP contribution in [0.25, 0.3) is 0 Å². The van der Waals surface area contributed by atoms with Crippen molar-refractivity contribution in [1.82, 2.24) is 0 Å². The number of hydrogen-bond acceptors (Lipinski definition) is 7. The maximum Gasteiger partial charge on any atom is 0.321 e. The summed E-state index contributed by atoms with van der Waals surface area (Å²) in [5.41, 5.74) is 0.378. The van der Waals surface area contributed by atoms with Crippen molar-refractivity contribution in [3.63, 3.8) is 0 Å². The van der Waals surface area contributed by atoms with E-state index in [-0.39, 0.29) is 13.2 Å². The fourth-order valence-electron chi connectivity index (χ4n) is 2.41. The van der Waals surface area contributed by atoms with Crippen molar-refractivity contribution in [3.8, 4) is 5.75 Å². The van der Waals surface area contributed by atoms with Crippen molar-refractivity contribution in [3.05, 3.63) is 39.9 Å². The van der Waals surface area contributed by atoms with Crippen molar-refractivity contribution in [1.29, 1.82) is 0 Å². The third-order valence-electron chi connectivity index (χ3n) is 3.37. The Balaban J connectivity index is 3.37. The molecule has 0 saturated carbocycles. The Kier molecular flexibility index (Phi) is 7.67. The second-order valence-corrected chi connectivity index (χ2v) is 4.85. The van der Waals surface area contributed by atoms with Gasteiger partial charge in [-0.3, -0.25) is 19.7 Å². The Morgan fingerprint density at radius 2 is 1.67 bits per heavy atom. The molecule has 0 saturated heterocycles. The van der Waals surface area contributed by atoms with Crippen LogP contribution in [0.4, 0.5) is 0 Å². The summed E-state index contributed by atoms with van der Waals surface area (Å²) in [5, 5.41) is 11.1. The van der Waals surface area contributed by atoms with E-state index in [4.69, 9.17) is 14.2 Å². The standard InChI is InChI=1S/C16H21NO7/c1-4-23-15(18)14(16(19)24-5-2)12(10-17(20)21)11-8-6-7-9-13(11)22-3/h6-9,12,14H,4-5,10H2,1-3H3. The molecule has 0 aliphatic carbocycles. The zero-order chi connectivity index (χ0) is 18.1. The van der Waals surface area contributed by atoms with Gasteiger partial charge in [0.15, 0.2) is 5.92 Å². The highest BCUT2D eigenvalue weighted by atomic mass is 16.6. The van der Waals surface area contributed by atoms with Gasteiger partial charge in [0.2, 0.25) is 6.54 Å². The summed E-state index contributed by atoms with van der Waals surface area (Å²) in [6.07, 6.45) is 0. The number of hydrogen-bond donors (Lipinski definition) is 0. The molecule has 8 heteroatoms. The van der Waals surface area contributed by atoms with Gasteiger partial charge in [-0.1, -0.05) is 18.2 Å². The maximum atomic E-state index is 12.3. The van der Waals surface area contributed by atoms with E-state index in [2.05, 4.69) is 0 Å². The number of carbonyl (C=O) groups is 2. The van der Waals surface area contributed by atoms with Gasteiger partial charge in [0.05, 0.1) is 26.2 Å². The Morgan fingerprint density at radius 3 is 2.12 bits per heavy atom. The molecule has 0 aromatic heterocycles. The van der Waals surface area contributed by atoms with Crippen LogP contribution in [0.3, 0.4) is 0 Å². The molecule has 0 spiro atoms. The Hall–Kier alpha value is -2.64. The number of benzene rings is 1. The van der Waals surface area contributed by atoms with Gasteiger partial charge in [-0.15, -0.1) is 0 Å². The molecule has 24 heavy (non-hydrogen) atoms. The smallest absolute Gasteiger partial charge is 0.321 e. The number of para-hydroxylation sites is 1. The minimum atomic E-state index is -1.44. The topological polar surface area (TPSA) is 105 Å². The molecule has 0 aliphatic rings. The number of nitrogens with zero attached hydrogens (tertiary/aromatic N) is 1. The summed E-state index contributed by atoms with van der Waals surface area (Å²) >= 11 is 0. The number of carbonyl (C=O) groups excluding carboxylic acids is 2. The fraction of sp³-hybridized carbons (Fsp3) is 0.500. The lowest BCUT2D eigenvalue weighted by molar-refractivity contribution is -0.484. The predicted molar refractivity (Wildman–Crippen MR) is 84.4 cm³/mol. The molecular weight excluding hydrogens is 318 g/mol. The van der Waals surface area contributed by atoms with Gasteiger partial charge >= 0.3 is 11.9 Å². The summed E-state index contributed by atoms with van der Waals surface area (Å²) in [5.74, 6) is -3.86. The molecule has 132 valence electrons. The highest BCUT2D eigenvalue weighted by Crippen LogP contribution is 2.33. The molecule has 8 nitrogen and oxygen atoms in total. The van der Waals surface area contributed by atoms with E-state index < -0.39 is 35.2 Å². The molecule has 0 N–H and O–H groups in total.